The van der Waals surface area contributed by atoms with Crippen LogP contribution in [0.1, 0.15) is 19.8 Å². The van der Waals surface area contributed by atoms with E-state index in [0.717, 1.165) is 32.9 Å². The molecule has 0 aromatic carbocycles. The second-order valence-electron chi connectivity index (χ2n) is 4.57. The number of hydrogen-bond donors (Lipinski definition) is 1. The van der Waals surface area contributed by atoms with Gasteiger partial charge in [0.15, 0.2) is 0 Å². The molecule has 76 valence electrons. The summed E-state index contributed by atoms with van der Waals surface area (Å²) in [5.41, 5.74) is 0.388. The van der Waals surface area contributed by atoms with Crippen molar-refractivity contribution >= 4 is 0 Å². The molecule has 0 aromatic heterocycles. The minimum absolute atomic E-state index is 0.388. The quantitative estimate of drug-likeness (QED) is 0.702. The predicted octanol–water partition coefficient (Wildman–Crippen LogP) is 0.791. The maximum absolute atomic E-state index is 5.53. The van der Waals surface area contributed by atoms with Crippen LogP contribution in [0.15, 0.2) is 0 Å². The minimum Gasteiger partial charge on any atom is -0.380 e. The smallest absolute Gasteiger partial charge is 0.0700 e. The van der Waals surface area contributed by atoms with Gasteiger partial charge in [0, 0.05) is 25.1 Å². The van der Waals surface area contributed by atoms with E-state index in [9.17, 15) is 0 Å². The van der Waals surface area contributed by atoms with Crippen molar-refractivity contribution in [1.29, 1.82) is 0 Å². The Morgan fingerprint density at radius 1 is 1.46 bits per heavy atom. The summed E-state index contributed by atoms with van der Waals surface area (Å²) in [4.78, 5) is 0. The van der Waals surface area contributed by atoms with Crippen molar-refractivity contribution in [2.45, 2.75) is 25.9 Å². The second kappa shape index (κ2) is 3.95. The molecule has 0 amide bonds. The van der Waals surface area contributed by atoms with Crippen LogP contribution in [0, 0.1) is 5.41 Å². The largest absolute Gasteiger partial charge is 0.380 e. The lowest BCUT2D eigenvalue weighted by atomic mass is 9.89. The molecule has 3 heteroatoms. The summed E-state index contributed by atoms with van der Waals surface area (Å²) in [6.07, 6.45) is 2.91. The zero-order valence-electron chi connectivity index (χ0n) is 8.34. The number of hydrogen-bond acceptors (Lipinski definition) is 3. The first-order valence-electron chi connectivity index (χ1n) is 5.19. The van der Waals surface area contributed by atoms with E-state index in [1.807, 2.05) is 0 Å². The number of nitrogens with one attached hydrogen (secondary N) is 1. The van der Waals surface area contributed by atoms with E-state index in [1.54, 1.807) is 0 Å². The lowest BCUT2D eigenvalue weighted by molar-refractivity contribution is -0.0997. The first-order valence-corrected chi connectivity index (χ1v) is 5.19. The fourth-order valence-corrected chi connectivity index (χ4v) is 1.89. The zero-order valence-corrected chi connectivity index (χ0v) is 8.34. The zero-order chi connectivity index (χ0) is 9.15. The van der Waals surface area contributed by atoms with Crippen LogP contribution in [0.3, 0.4) is 0 Å². The highest BCUT2D eigenvalue weighted by atomic mass is 16.5. The van der Waals surface area contributed by atoms with Crippen molar-refractivity contribution in [3.63, 3.8) is 0 Å². The summed E-state index contributed by atoms with van der Waals surface area (Å²) in [6.45, 7) is 7.10. The van der Waals surface area contributed by atoms with Crippen LogP contribution in [0.5, 0.6) is 0 Å². The average Bonchev–Trinajstić information content (AvgIpc) is 2.54. The second-order valence-corrected chi connectivity index (χ2v) is 4.57. The van der Waals surface area contributed by atoms with E-state index in [-0.39, 0.29) is 0 Å². The molecule has 0 bridgehead atoms. The Balaban J connectivity index is 1.57. The summed E-state index contributed by atoms with van der Waals surface area (Å²) >= 11 is 0. The van der Waals surface area contributed by atoms with Crippen LogP contribution in [-0.4, -0.2) is 39.0 Å². The van der Waals surface area contributed by atoms with Crippen LogP contribution in [0.25, 0.3) is 0 Å². The van der Waals surface area contributed by atoms with Gasteiger partial charge in [-0.25, -0.2) is 0 Å². The molecule has 1 unspecified atom stereocenters. The van der Waals surface area contributed by atoms with Gasteiger partial charge in [0.05, 0.1) is 19.3 Å². The molecule has 2 aliphatic rings. The van der Waals surface area contributed by atoms with Gasteiger partial charge in [-0.1, -0.05) is 6.92 Å². The molecule has 2 rings (SSSR count). The van der Waals surface area contributed by atoms with Crippen molar-refractivity contribution in [2.75, 3.05) is 32.9 Å². The molecule has 2 aliphatic heterocycles. The molecule has 2 saturated heterocycles. The van der Waals surface area contributed by atoms with E-state index in [1.165, 1.54) is 12.8 Å². The van der Waals surface area contributed by atoms with Crippen molar-refractivity contribution in [1.82, 2.24) is 5.32 Å². The Morgan fingerprint density at radius 3 is 2.85 bits per heavy atom. The monoisotopic (exact) mass is 185 g/mol. The number of rotatable bonds is 4. The van der Waals surface area contributed by atoms with Crippen molar-refractivity contribution < 1.29 is 9.47 Å². The summed E-state index contributed by atoms with van der Waals surface area (Å²) in [5, 5.41) is 3.46. The van der Waals surface area contributed by atoms with Gasteiger partial charge in [-0.05, 0) is 12.8 Å². The highest BCUT2D eigenvalue weighted by Gasteiger charge is 2.32. The maximum atomic E-state index is 5.53. The SMILES string of the molecule is CC1(CNCC2CCCO2)COC1. The van der Waals surface area contributed by atoms with Gasteiger partial charge in [0.25, 0.3) is 0 Å². The Hall–Kier alpha value is -0.120. The fraction of sp³-hybridized carbons (Fsp3) is 1.00. The standard InChI is InChI=1S/C10H19NO2/c1-10(7-12-8-10)6-11-5-9-3-2-4-13-9/h9,11H,2-8H2,1H3. The molecule has 2 heterocycles. The van der Waals surface area contributed by atoms with Crippen LogP contribution in [0.2, 0.25) is 0 Å². The molecular formula is C10H19NO2. The van der Waals surface area contributed by atoms with Crippen LogP contribution in [0.4, 0.5) is 0 Å². The molecule has 3 nitrogen and oxygen atoms in total. The van der Waals surface area contributed by atoms with Crippen molar-refractivity contribution in [2.24, 2.45) is 5.41 Å². The normalized spacial score (nSPS) is 31.6. The topological polar surface area (TPSA) is 30.5 Å². The van der Waals surface area contributed by atoms with E-state index < -0.39 is 0 Å². The highest BCUT2D eigenvalue weighted by Crippen LogP contribution is 2.25. The van der Waals surface area contributed by atoms with Crippen LogP contribution >= 0.6 is 0 Å². The molecular weight excluding hydrogens is 166 g/mol. The minimum atomic E-state index is 0.388. The Morgan fingerprint density at radius 2 is 2.31 bits per heavy atom. The molecule has 13 heavy (non-hydrogen) atoms. The molecule has 1 N–H and O–H groups in total. The first kappa shape index (κ1) is 9.44. The van der Waals surface area contributed by atoms with Crippen LogP contribution < -0.4 is 5.32 Å². The molecule has 0 radical (unpaired) electrons. The first-order chi connectivity index (χ1) is 6.29. The van der Waals surface area contributed by atoms with Crippen molar-refractivity contribution in [3.8, 4) is 0 Å². The summed E-state index contributed by atoms with van der Waals surface area (Å²) in [6, 6.07) is 0. The average molecular weight is 185 g/mol. The molecule has 0 aromatic rings. The lowest BCUT2D eigenvalue weighted by Crippen LogP contribution is -2.48. The summed E-state index contributed by atoms with van der Waals surface area (Å²) in [5.74, 6) is 0. The van der Waals surface area contributed by atoms with Crippen molar-refractivity contribution in [3.05, 3.63) is 0 Å². The van der Waals surface area contributed by atoms with E-state index in [4.69, 9.17) is 9.47 Å². The predicted molar refractivity (Wildman–Crippen MR) is 50.8 cm³/mol. The van der Waals surface area contributed by atoms with E-state index >= 15 is 0 Å². The summed E-state index contributed by atoms with van der Waals surface area (Å²) in [7, 11) is 0. The van der Waals surface area contributed by atoms with Gasteiger partial charge < -0.3 is 14.8 Å². The van der Waals surface area contributed by atoms with E-state index in [2.05, 4.69) is 12.2 Å². The van der Waals surface area contributed by atoms with Gasteiger partial charge in [-0.3, -0.25) is 0 Å². The molecule has 2 fully saturated rings. The van der Waals surface area contributed by atoms with Gasteiger partial charge in [-0.2, -0.15) is 0 Å². The third-order valence-electron chi connectivity index (χ3n) is 2.85. The molecule has 0 aliphatic carbocycles. The third kappa shape index (κ3) is 2.42. The summed E-state index contributed by atoms with van der Waals surface area (Å²) < 4.78 is 10.7. The third-order valence-corrected chi connectivity index (χ3v) is 2.85. The van der Waals surface area contributed by atoms with Gasteiger partial charge in [0.2, 0.25) is 0 Å². The van der Waals surface area contributed by atoms with E-state index in [0.29, 0.717) is 11.5 Å². The van der Waals surface area contributed by atoms with Gasteiger partial charge in [-0.15, -0.1) is 0 Å². The van der Waals surface area contributed by atoms with Gasteiger partial charge in [0.1, 0.15) is 0 Å². The Kier molecular flexibility index (Phi) is 2.86. The fourth-order valence-electron chi connectivity index (χ4n) is 1.89. The highest BCUT2D eigenvalue weighted by molar-refractivity contribution is 4.83. The lowest BCUT2D eigenvalue weighted by Gasteiger charge is -2.38. The molecule has 0 saturated carbocycles. The van der Waals surface area contributed by atoms with Gasteiger partial charge >= 0.3 is 0 Å². The number of ether oxygens (including phenoxy) is 2. The van der Waals surface area contributed by atoms with Crippen LogP contribution in [-0.2, 0) is 9.47 Å². The Bertz CT molecular complexity index is 162. The Labute approximate surface area is 79.8 Å². The molecule has 0 spiro atoms. The molecule has 1 atom stereocenters. The maximum Gasteiger partial charge on any atom is 0.0700 e.